The van der Waals surface area contributed by atoms with Gasteiger partial charge in [-0.2, -0.15) is 0 Å². The summed E-state index contributed by atoms with van der Waals surface area (Å²) in [5.74, 6) is 0.930. The summed E-state index contributed by atoms with van der Waals surface area (Å²) in [6, 6.07) is 0. The van der Waals surface area contributed by atoms with Crippen LogP contribution in [0.2, 0.25) is 0 Å². The predicted molar refractivity (Wildman–Crippen MR) is 122 cm³/mol. The number of hydrogen-bond donors (Lipinski definition) is 0. The minimum Gasteiger partial charge on any atom is -0.0654 e. The molecule has 0 spiro atoms. The fourth-order valence-corrected chi connectivity index (χ4v) is 4.83. The van der Waals surface area contributed by atoms with Crippen LogP contribution in [0.15, 0.2) is 0 Å². The van der Waals surface area contributed by atoms with Crippen molar-refractivity contribution in [2.75, 3.05) is 0 Å². The van der Waals surface area contributed by atoms with Crippen LogP contribution in [0.3, 0.4) is 0 Å². The molecule has 0 nitrogen and oxygen atoms in total. The largest absolute Gasteiger partial charge is 0.0654 e. The Hall–Kier alpha value is 0. The number of hydrogen-bond acceptors (Lipinski definition) is 0. The Morgan fingerprint density at radius 1 is 0.462 bits per heavy atom. The van der Waals surface area contributed by atoms with E-state index in [9.17, 15) is 0 Å². The normalized spacial score (nSPS) is 13.3. The third kappa shape index (κ3) is 12.4. The summed E-state index contributed by atoms with van der Waals surface area (Å²) in [7, 11) is 0. The van der Waals surface area contributed by atoms with Crippen molar-refractivity contribution in [2.24, 2.45) is 11.3 Å². The minimum absolute atomic E-state index is 0.656. The van der Waals surface area contributed by atoms with E-state index >= 15 is 0 Å². The maximum atomic E-state index is 2.62. The summed E-state index contributed by atoms with van der Waals surface area (Å²) in [6.07, 6.45) is 27.5. The van der Waals surface area contributed by atoms with Crippen molar-refractivity contribution in [2.45, 2.75) is 157 Å². The molecule has 0 rings (SSSR count). The highest BCUT2D eigenvalue weighted by Crippen LogP contribution is 2.45. The van der Waals surface area contributed by atoms with Gasteiger partial charge in [0.2, 0.25) is 0 Å². The number of rotatable bonds is 20. The molecule has 0 amide bonds. The van der Waals surface area contributed by atoms with Crippen LogP contribution >= 0.6 is 0 Å². The molecular formula is C26H54. The Kier molecular flexibility index (Phi) is 18.4. The van der Waals surface area contributed by atoms with Crippen molar-refractivity contribution in [3.05, 3.63) is 0 Å². The van der Waals surface area contributed by atoms with E-state index in [1.165, 1.54) is 122 Å². The van der Waals surface area contributed by atoms with E-state index in [0.29, 0.717) is 5.41 Å². The van der Waals surface area contributed by atoms with Gasteiger partial charge in [-0.25, -0.2) is 0 Å². The average molecular weight is 367 g/mol. The fourth-order valence-electron chi connectivity index (χ4n) is 4.83. The zero-order valence-corrected chi connectivity index (χ0v) is 19.5. The lowest BCUT2D eigenvalue weighted by atomic mass is 9.65. The molecule has 0 aromatic rings. The monoisotopic (exact) mass is 366 g/mol. The summed E-state index contributed by atoms with van der Waals surface area (Å²) < 4.78 is 0. The molecule has 0 N–H and O–H groups in total. The van der Waals surface area contributed by atoms with Crippen LogP contribution in [0.1, 0.15) is 157 Å². The van der Waals surface area contributed by atoms with E-state index in [-0.39, 0.29) is 0 Å². The quantitative estimate of drug-likeness (QED) is 0.188. The second-order valence-corrected chi connectivity index (χ2v) is 9.19. The van der Waals surface area contributed by atoms with Gasteiger partial charge < -0.3 is 0 Å². The summed E-state index contributed by atoms with van der Waals surface area (Å²) in [5.41, 5.74) is 0.656. The van der Waals surface area contributed by atoms with Crippen molar-refractivity contribution in [1.29, 1.82) is 0 Å². The van der Waals surface area contributed by atoms with Crippen molar-refractivity contribution < 1.29 is 0 Å². The van der Waals surface area contributed by atoms with Gasteiger partial charge in [0.15, 0.2) is 0 Å². The van der Waals surface area contributed by atoms with Crippen molar-refractivity contribution in [3.8, 4) is 0 Å². The zero-order chi connectivity index (χ0) is 19.5. The molecule has 0 aliphatic rings. The molecule has 1 atom stereocenters. The van der Waals surface area contributed by atoms with Gasteiger partial charge in [0.1, 0.15) is 0 Å². The van der Waals surface area contributed by atoms with Crippen LogP contribution in [0.4, 0.5) is 0 Å². The zero-order valence-electron chi connectivity index (χ0n) is 19.5. The van der Waals surface area contributed by atoms with Crippen LogP contribution in [0, 0.1) is 11.3 Å². The highest BCUT2D eigenvalue weighted by atomic mass is 14.4. The molecule has 0 saturated heterocycles. The van der Waals surface area contributed by atoms with Gasteiger partial charge in [-0.05, 0) is 30.6 Å². The molecule has 158 valence electrons. The average Bonchev–Trinajstić information content (AvgIpc) is 2.64. The Bertz CT molecular complexity index is 241. The second kappa shape index (κ2) is 18.4. The van der Waals surface area contributed by atoms with Gasteiger partial charge in [0.25, 0.3) is 0 Å². The molecule has 0 saturated carbocycles. The Balaban J connectivity index is 4.71. The highest BCUT2D eigenvalue weighted by molar-refractivity contribution is 4.85. The lowest BCUT2D eigenvalue weighted by molar-refractivity contribution is 0.103. The Labute approximate surface area is 168 Å². The maximum Gasteiger partial charge on any atom is -0.0272 e. The van der Waals surface area contributed by atoms with Crippen LogP contribution in [-0.4, -0.2) is 0 Å². The fraction of sp³-hybridized carbons (Fsp3) is 1.00. The molecule has 0 bridgehead atoms. The van der Waals surface area contributed by atoms with E-state index in [2.05, 4.69) is 34.6 Å². The molecule has 0 heteroatoms. The SMILES string of the molecule is CCCCCCCCC(C)C(CCCCC)(CCCCC)CCCCC. The molecule has 0 aromatic heterocycles. The summed E-state index contributed by atoms with van der Waals surface area (Å²) in [4.78, 5) is 0. The van der Waals surface area contributed by atoms with E-state index in [1.54, 1.807) is 0 Å². The molecule has 26 heavy (non-hydrogen) atoms. The van der Waals surface area contributed by atoms with Crippen molar-refractivity contribution >= 4 is 0 Å². The Morgan fingerprint density at radius 2 is 0.808 bits per heavy atom. The smallest absolute Gasteiger partial charge is 0.0272 e. The standard InChI is InChI=1S/C26H54/c1-6-10-14-15-16-17-21-25(5)26(22-18-11-7-2,23-19-12-8-3)24-20-13-9-4/h25H,6-24H2,1-5H3. The molecule has 0 radical (unpaired) electrons. The predicted octanol–water partition coefficient (Wildman–Crippen LogP) is 10.1. The Morgan fingerprint density at radius 3 is 1.23 bits per heavy atom. The van der Waals surface area contributed by atoms with E-state index in [1.807, 2.05) is 0 Å². The van der Waals surface area contributed by atoms with Crippen molar-refractivity contribution in [1.82, 2.24) is 0 Å². The molecular weight excluding hydrogens is 312 g/mol. The van der Waals surface area contributed by atoms with Gasteiger partial charge in [0, 0.05) is 0 Å². The van der Waals surface area contributed by atoms with Crippen LogP contribution in [-0.2, 0) is 0 Å². The third-order valence-electron chi connectivity index (χ3n) is 6.87. The van der Waals surface area contributed by atoms with Gasteiger partial charge in [-0.3, -0.25) is 0 Å². The molecule has 0 heterocycles. The second-order valence-electron chi connectivity index (χ2n) is 9.19. The lowest BCUT2D eigenvalue weighted by Gasteiger charge is -2.41. The first kappa shape index (κ1) is 26.0. The van der Waals surface area contributed by atoms with Gasteiger partial charge in [-0.15, -0.1) is 0 Å². The molecule has 0 aromatic carbocycles. The summed E-state index contributed by atoms with van der Waals surface area (Å²) >= 11 is 0. The van der Waals surface area contributed by atoms with E-state index in [0.717, 1.165) is 5.92 Å². The van der Waals surface area contributed by atoms with Gasteiger partial charge in [0.05, 0.1) is 0 Å². The highest BCUT2D eigenvalue weighted by Gasteiger charge is 2.34. The summed E-state index contributed by atoms with van der Waals surface area (Å²) in [6.45, 7) is 12.0. The van der Waals surface area contributed by atoms with Crippen LogP contribution < -0.4 is 0 Å². The van der Waals surface area contributed by atoms with Gasteiger partial charge >= 0.3 is 0 Å². The maximum absolute atomic E-state index is 2.62. The minimum atomic E-state index is 0.656. The lowest BCUT2D eigenvalue weighted by Crippen LogP contribution is -2.29. The number of unbranched alkanes of at least 4 members (excludes halogenated alkanes) is 11. The first-order valence-electron chi connectivity index (χ1n) is 12.7. The topological polar surface area (TPSA) is 0 Å². The first-order chi connectivity index (χ1) is 12.7. The summed E-state index contributed by atoms with van der Waals surface area (Å²) in [5, 5.41) is 0. The van der Waals surface area contributed by atoms with Gasteiger partial charge in [-0.1, -0.05) is 137 Å². The van der Waals surface area contributed by atoms with E-state index < -0.39 is 0 Å². The molecule has 0 fully saturated rings. The van der Waals surface area contributed by atoms with Crippen LogP contribution in [0.25, 0.3) is 0 Å². The first-order valence-corrected chi connectivity index (χ1v) is 12.7. The van der Waals surface area contributed by atoms with E-state index in [4.69, 9.17) is 0 Å². The molecule has 0 aliphatic carbocycles. The van der Waals surface area contributed by atoms with Crippen LogP contribution in [0.5, 0.6) is 0 Å². The molecule has 1 unspecified atom stereocenters. The van der Waals surface area contributed by atoms with Crippen molar-refractivity contribution in [3.63, 3.8) is 0 Å². The molecule has 0 aliphatic heterocycles. The third-order valence-corrected chi connectivity index (χ3v) is 6.87.